The molecule has 11 heteroatoms. The van der Waals surface area contributed by atoms with E-state index in [-0.39, 0.29) is 31.7 Å². The van der Waals surface area contributed by atoms with Gasteiger partial charge in [0.2, 0.25) is 5.79 Å². The summed E-state index contributed by atoms with van der Waals surface area (Å²) in [6.45, 7) is 11.2. The number of nitrogens with one attached hydrogen (secondary N) is 1. The third kappa shape index (κ3) is 5.43. The quantitative estimate of drug-likeness (QED) is 0.336. The Balaban J connectivity index is 1.79. The zero-order valence-electron chi connectivity index (χ0n) is 21.4. The second kappa shape index (κ2) is 11.1. The monoisotopic (exact) mass is 503 g/mol. The second-order valence-corrected chi connectivity index (χ2v) is 10.3. The largest absolute Gasteiger partial charge is 0.394 e. The number of methoxy groups -OCH3 is 2. The molecule has 0 aromatic heterocycles. The van der Waals surface area contributed by atoms with Gasteiger partial charge in [-0.25, -0.2) is 0 Å². The average molecular weight is 504 g/mol. The summed E-state index contributed by atoms with van der Waals surface area (Å²) in [6, 6.07) is 0. The Hall–Kier alpha value is -1.15. The van der Waals surface area contributed by atoms with Gasteiger partial charge in [0.15, 0.2) is 12.3 Å². The maximum Gasteiger partial charge on any atom is 0.256 e. The van der Waals surface area contributed by atoms with E-state index in [9.17, 15) is 20.1 Å². The Bertz CT molecular complexity index is 763. The molecule has 0 aliphatic carbocycles. The van der Waals surface area contributed by atoms with Gasteiger partial charge in [0, 0.05) is 38.4 Å². The van der Waals surface area contributed by atoms with Gasteiger partial charge in [-0.3, -0.25) is 4.79 Å². The predicted molar refractivity (Wildman–Crippen MR) is 123 cm³/mol. The van der Waals surface area contributed by atoms with Gasteiger partial charge in [0.25, 0.3) is 5.91 Å². The summed E-state index contributed by atoms with van der Waals surface area (Å²) in [4.78, 5) is 13.2. The summed E-state index contributed by atoms with van der Waals surface area (Å²) in [6.07, 6.45) is -6.03. The van der Waals surface area contributed by atoms with E-state index in [2.05, 4.69) is 11.9 Å². The SMILES string of the molecule is C=C1C[C@](OC)([C@@H](O)C(=O)N[C@@H]2OCO[C@H]3[C@@H]2O[C@H](C[C@H](O)CO)C(C)(C)[C@@H]3OC)O[C@H](C)[C@@H]1C. The molecule has 3 heterocycles. The fourth-order valence-corrected chi connectivity index (χ4v) is 5.26. The zero-order chi connectivity index (χ0) is 26.1. The van der Waals surface area contributed by atoms with Gasteiger partial charge >= 0.3 is 0 Å². The molecule has 0 aromatic rings. The van der Waals surface area contributed by atoms with Crippen LogP contribution in [0.4, 0.5) is 0 Å². The topological polar surface area (TPSA) is 145 Å². The number of carbonyl (C=O) groups is 1. The maximum absolute atomic E-state index is 13.2. The predicted octanol–water partition coefficient (Wildman–Crippen LogP) is 0.0582. The maximum atomic E-state index is 13.2. The highest BCUT2D eigenvalue weighted by atomic mass is 16.7. The molecule has 3 aliphatic heterocycles. The Kier molecular flexibility index (Phi) is 8.99. The highest BCUT2D eigenvalue weighted by Crippen LogP contribution is 2.44. The van der Waals surface area contributed by atoms with Crippen molar-refractivity contribution >= 4 is 5.91 Å². The van der Waals surface area contributed by atoms with E-state index in [1.54, 1.807) is 7.11 Å². The van der Waals surface area contributed by atoms with Crippen molar-refractivity contribution in [3.63, 3.8) is 0 Å². The van der Waals surface area contributed by atoms with E-state index >= 15 is 0 Å². The van der Waals surface area contributed by atoms with Crippen LogP contribution in [0, 0.1) is 11.3 Å². The van der Waals surface area contributed by atoms with Crippen LogP contribution in [0.1, 0.15) is 40.5 Å². The number of hydrogen-bond acceptors (Lipinski definition) is 10. The van der Waals surface area contributed by atoms with Gasteiger partial charge in [0.05, 0.1) is 31.0 Å². The van der Waals surface area contributed by atoms with Gasteiger partial charge < -0.3 is 49.1 Å². The van der Waals surface area contributed by atoms with Gasteiger partial charge in [-0.15, -0.1) is 0 Å². The van der Waals surface area contributed by atoms with Gasteiger partial charge in [-0.05, 0) is 6.92 Å². The molecule has 35 heavy (non-hydrogen) atoms. The van der Waals surface area contributed by atoms with Crippen molar-refractivity contribution in [1.29, 1.82) is 0 Å². The van der Waals surface area contributed by atoms with E-state index in [1.165, 1.54) is 7.11 Å². The number of aliphatic hydroxyl groups excluding tert-OH is 3. The molecule has 0 radical (unpaired) electrons. The van der Waals surface area contributed by atoms with E-state index in [1.807, 2.05) is 27.7 Å². The molecule has 10 atom stereocenters. The highest BCUT2D eigenvalue weighted by Gasteiger charge is 2.57. The van der Waals surface area contributed by atoms with Crippen molar-refractivity contribution in [2.24, 2.45) is 11.3 Å². The van der Waals surface area contributed by atoms with Crippen LogP contribution < -0.4 is 5.32 Å². The molecule has 0 aromatic carbocycles. The molecule has 11 nitrogen and oxygen atoms in total. The highest BCUT2D eigenvalue weighted by molar-refractivity contribution is 5.82. The first-order valence-corrected chi connectivity index (χ1v) is 12.0. The minimum absolute atomic E-state index is 0.0456. The molecule has 0 unspecified atom stereocenters. The fourth-order valence-electron chi connectivity index (χ4n) is 5.26. The van der Waals surface area contributed by atoms with Crippen LogP contribution in [-0.4, -0.2) is 104 Å². The van der Waals surface area contributed by atoms with Crippen LogP contribution in [0.2, 0.25) is 0 Å². The number of rotatable bonds is 8. The summed E-state index contributed by atoms with van der Waals surface area (Å²) >= 11 is 0. The lowest BCUT2D eigenvalue weighted by molar-refractivity contribution is -0.333. The Morgan fingerprint density at radius 3 is 2.49 bits per heavy atom. The summed E-state index contributed by atoms with van der Waals surface area (Å²) < 4.78 is 35.0. The lowest BCUT2D eigenvalue weighted by Crippen LogP contribution is -2.69. The number of ether oxygens (including phenoxy) is 6. The first kappa shape index (κ1) is 28.4. The first-order chi connectivity index (χ1) is 16.4. The molecule has 202 valence electrons. The number of fused-ring (bicyclic) bond motifs is 1. The molecule has 0 bridgehead atoms. The van der Waals surface area contributed by atoms with Crippen LogP contribution in [0.5, 0.6) is 0 Å². The van der Waals surface area contributed by atoms with Crippen LogP contribution in [-0.2, 0) is 33.2 Å². The van der Waals surface area contributed by atoms with Gasteiger partial charge in [-0.2, -0.15) is 0 Å². The normalized spacial score (nSPS) is 41.1. The molecular weight excluding hydrogens is 462 g/mol. The first-order valence-electron chi connectivity index (χ1n) is 12.0. The van der Waals surface area contributed by atoms with Crippen molar-refractivity contribution in [3.05, 3.63) is 12.2 Å². The zero-order valence-corrected chi connectivity index (χ0v) is 21.4. The van der Waals surface area contributed by atoms with Crippen LogP contribution in [0.15, 0.2) is 12.2 Å². The molecule has 1 amide bonds. The summed E-state index contributed by atoms with van der Waals surface area (Å²) in [5.41, 5.74) is 0.228. The second-order valence-electron chi connectivity index (χ2n) is 10.3. The molecule has 3 saturated heterocycles. The molecule has 3 aliphatic rings. The number of amides is 1. The Labute approximate surface area is 206 Å². The summed E-state index contributed by atoms with van der Waals surface area (Å²) in [5, 5.41) is 33.1. The lowest BCUT2D eigenvalue weighted by Gasteiger charge is -2.54. The molecule has 4 N–H and O–H groups in total. The van der Waals surface area contributed by atoms with E-state index in [0.29, 0.717) is 0 Å². The Morgan fingerprint density at radius 2 is 1.91 bits per heavy atom. The molecule has 0 saturated carbocycles. The molecule has 3 fully saturated rings. The Morgan fingerprint density at radius 1 is 1.23 bits per heavy atom. The van der Waals surface area contributed by atoms with Crippen LogP contribution >= 0.6 is 0 Å². The third-order valence-corrected chi connectivity index (χ3v) is 7.77. The van der Waals surface area contributed by atoms with E-state index in [0.717, 1.165) is 5.57 Å². The van der Waals surface area contributed by atoms with E-state index in [4.69, 9.17) is 28.4 Å². The number of carbonyl (C=O) groups excluding carboxylic acids is 1. The van der Waals surface area contributed by atoms with Crippen molar-refractivity contribution in [3.8, 4) is 0 Å². The van der Waals surface area contributed by atoms with E-state index < -0.39 is 66.6 Å². The average Bonchev–Trinajstić information content (AvgIpc) is 2.82. The van der Waals surface area contributed by atoms with Crippen molar-refractivity contribution in [1.82, 2.24) is 5.32 Å². The minimum atomic E-state index is -1.67. The fraction of sp³-hybridized carbons (Fsp3) is 0.875. The molecule has 3 rings (SSSR count). The minimum Gasteiger partial charge on any atom is -0.394 e. The van der Waals surface area contributed by atoms with Crippen LogP contribution in [0.3, 0.4) is 0 Å². The summed E-state index contributed by atoms with van der Waals surface area (Å²) in [7, 11) is 2.93. The smallest absolute Gasteiger partial charge is 0.256 e. The number of aliphatic hydroxyl groups is 3. The number of hydrogen-bond donors (Lipinski definition) is 4. The standard InChI is InChI=1S/C24H41NO10/c1-12-9-24(31-7,35-14(3)13(12)2)19(28)21(29)25-22-18-17(32-11-33-22)20(30-6)23(4,5)16(34-18)8-15(27)10-26/h13-20,22,26-28H,1,8-11H2,2-7H3,(H,25,29)/t13-,14-,15+,16-,17+,18+,19+,20-,22-,24-/m1/s1. The summed E-state index contributed by atoms with van der Waals surface area (Å²) in [5.74, 6) is -2.30. The van der Waals surface area contributed by atoms with Gasteiger partial charge in [-0.1, -0.05) is 32.9 Å². The molecule has 0 spiro atoms. The third-order valence-electron chi connectivity index (χ3n) is 7.77. The lowest BCUT2D eigenvalue weighted by atomic mass is 9.72. The van der Waals surface area contributed by atoms with Crippen molar-refractivity contribution in [2.75, 3.05) is 27.6 Å². The molecular formula is C24H41NO10. The van der Waals surface area contributed by atoms with Crippen LogP contribution in [0.25, 0.3) is 0 Å². The van der Waals surface area contributed by atoms with Crippen molar-refractivity contribution in [2.45, 2.75) is 95.3 Å². The van der Waals surface area contributed by atoms with Gasteiger partial charge in [0.1, 0.15) is 19.0 Å². The van der Waals surface area contributed by atoms with Crippen molar-refractivity contribution < 1.29 is 48.5 Å².